The lowest BCUT2D eigenvalue weighted by Crippen LogP contribution is -2.05. The smallest absolute Gasteiger partial charge is 0.00222 e. The molecule has 0 spiro atoms. The van der Waals surface area contributed by atoms with Crippen LogP contribution in [-0.2, 0) is 0 Å². The zero-order chi connectivity index (χ0) is 14.5. The van der Waals surface area contributed by atoms with Gasteiger partial charge in [-0.2, -0.15) is 0 Å². The second-order valence-electron chi connectivity index (χ2n) is 6.48. The third kappa shape index (κ3) is 7.92. The molecule has 1 aliphatic carbocycles. The van der Waals surface area contributed by atoms with Gasteiger partial charge >= 0.3 is 0 Å². The third-order valence-corrected chi connectivity index (χ3v) is 4.60. The maximum Gasteiger partial charge on any atom is -0.00222 e. The molecular formula is C20H36. The Balaban J connectivity index is 2.10. The lowest BCUT2D eigenvalue weighted by Gasteiger charge is -2.16. The fourth-order valence-electron chi connectivity index (χ4n) is 3.21. The van der Waals surface area contributed by atoms with Crippen molar-refractivity contribution in [2.24, 2.45) is 11.8 Å². The number of allylic oxidation sites excluding steroid dienone is 4. The molecule has 0 N–H and O–H groups in total. The van der Waals surface area contributed by atoms with E-state index in [0.717, 1.165) is 11.8 Å². The maximum atomic E-state index is 2.49. The third-order valence-electron chi connectivity index (χ3n) is 4.60. The number of unbranched alkanes of at least 4 members (excludes halogenated alkanes) is 8. The van der Waals surface area contributed by atoms with Gasteiger partial charge in [0.25, 0.3) is 0 Å². The lowest BCUT2D eigenvalue weighted by atomic mass is 9.89. The molecule has 0 heteroatoms. The fraction of sp³-hybridized carbons (Fsp3) is 0.800. The van der Waals surface area contributed by atoms with Gasteiger partial charge in [0, 0.05) is 0 Å². The molecule has 2 atom stereocenters. The summed E-state index contributed by atoms with van der Waals surface area (Å²) in [6.45, 7) is 4.58. The van der Waals surface area contributed by atoms with Gasteiger partial charge in [-0.25, -0.2) is 0 Å². The van der Waals surface area contributed by atoms with Crippen LogP contribution in [0.15, 0.2) is 24.3 Å². The quantitative estimate of drug-likeness (QED) is 0.264. The van der Waals surface area contributed by atoms with Crippen LogP contribution >= 0.6 is 0 Å². The van der Waals surface area contributed by atoms with E-state index in [4.69, 9.17) is 0 Å². The van der Waals surface area contributed by atoms with E-state index in [1.807, 2.05) is 0 Å². The average molecular weight is 277 g/mol. The van der Waals surface area contributed by atoms with Crippen molar-refractivity contribution in [3.8, 4) is 0 Å². The zero-order valence-corrected chi connectivity index (χ0v) is 13.9. The van der Waals surface area contributed by atoms with Gasteiger partial charge in [0.2, 0.25) is 0 Å². The van der Waals surface area contributed by atoms with Gasteiger partial charge in [-0.15, -0.1) is 0 Å². The summed E-state index contributed by atoms with van der Waals surface area (Å²) >= 11 is 0. The van der Waals surface area contributed by atoms with Crippen LogP contribution in [0.25, 0.3) is 0 Å². The molecule has 0 nitrogen and oxygen atoms in total. The molecule has 1 aliphatic rings. The molecule has 0 aromatic rings. The van der Waals surface area contributed by atoms with Gasteiger partial charge in [0.1, 0.15) is 0 Å². The van der Waals surface area contributed by atoms with Gasteiger partial charge < -0.3 is 0 Å². The normalized spacial score (nSPS) is 22.1. The molecule has 0 aromatic carbocycles. The van der Waals surface area contributed by atoms with Crippen molar-refractivity contribution in [2.45, 2.75) is 90.9 Å². The molecular weight excluding hydrogens is 240 g/mol. The monoisotopic (exact) mass is 276 g/mol. The summed E-state index contributed by atoms with van der Waals surface area (Å²) in [6.07, 6.45) is 26.4. The Bertz CT molecular complexity index is 261. The molecule has 0 unspecified atom stereocenters. The minimum absolute atomic E-state index is 0.743. The Hall–Kier alpha value is -0.520. The predicted octanol–water partition coefficient (Wildman–Crippen LogP) is 7.07. The van der Waals surface area contributed by atoms with Crippen molar-refractivity contribution >= 4 is 0 Å². The Morgan fingerprint density at radius 1 is 0.900 bits per heavy atom. The molecule has 0 saturated carbocycles. The molecule has 0 radical (unpaired) electrons. The summed E-state index contributed by atoms with van der Waals surface area (Å²) in [6, 6.07) is 0. The second kappa shape index (κ2) is 12.2. The van der Waals surface area contributed by atoms with Crippen molar-refractivity contribution in [3.05, 3.63) is 24.3 Å². The van der Waals surface area contributed by atoms with Gasteiger partial charge in [0.05, 0.1) is 0 Å². The van der Waals surface area contributed by atoms with E-state index in [2.05, 4.69) is 38.2 Å². The van der Waals surface area contributed by atoms with Crippen molar-refractivity contribution in [1.82, 2.24) is 0 Å². The van der Waals surface area contributed by atoms with Crippen LogP contribution in [0.2, 0.25) is 0 Å². The molecule has 0 aliphatic heterocycles. The molecule has 0 fully saturated rings. The summed E-state index contributed by atoms with van der Waals surface area (Å²) in [4.78, 5) is 0. The van der Waals surface area contributed by atoms with Crippen LogP contribution in [0.5, 0.6) is 0 Å². The molecule has 116 valence electrons. The highest BCUT2D eigenvalue weighted by atomic mass is 14.2. The van der Waals surface area contributed by atoms with Crippen LogP contribution < -0.4 is 0 Å². The van der Waals surface area contributed by atoms with E-state index in [1.54, 1.807) is 0 Å². The van der Waals surface area contributed by atoms with E-state index < -0.39 is 0 Å². The summed E-state index contributed by atoms with van der Waals surface area (Å²) < 4.78 is 0. The summed E-state index contributed by atoms with van der Waals surface area (Å²) in [5.41, 5.74) is 0. The average Bonchev–Trinajstić information content (AvgIpc) is 2.90. The highest BCUT2D eigenvalue weighted by molar-refractivity contribution is 5.09. The van der Waals surface area contributed by atoms with E-state index in [-0.39, 0.29) is 0 Å². The Morgan fingerprint density at radius 2 is 1.60 bits per heavy atom. The van der Waals surface area contributed by atoms with Crippen LogP contribution in [-0.4, -0.2) is 0 Å². The summed E-state index contributed by atoms with van der Waals surface area (Å²) in [5, 5.41) is 0. The molecule has 0 amide bonds. The van der Waals surface area contributed by atoms with Crippen LogP contribution in [0.3, 0.4) is 0 Å². The predicted molar refractivity (Wildman–Crippen MR) is 92.0 cm³/mol. The van der Waals surface area contributed by atoms with Gasteiger partial charge in [-0.3, -0.25) is 0 Å². The van der Waals surface area contributed by atoms with E-state index in [1.165, 1.54) is 77.0 Å². The highest BCUT2D eigenvalue weighted by Crippen LogP contribution is 2.31. The highest BCUT2D eigenvalue weighted by Gasteiger charge is 2.19. The fourth-order valence-corrected chi connectivity index (χ4v) is 3.21. The SMILES string of the molecule is CCCCCC/C=C/[C@H]1C=CC[C@@H]1CCCCCCC. The topological polar surface area (TPSA) is 0 Å². The minimum Gasteiger partial charge on any atom is -0.0879 e. The Labute approximate surface area is 127 Å². The standard InChI is InChI=1S/C20H36/c1-3-5-7-9-11-13-16-20-18-14-17-19(20)15-12-10-8-6-4-2/h13-14,16,18-20H,3-12,15,17H2,1-2H3/b16-13+/t19-,20-/m0/s1. The molecule has 0 bridgehead atoms. The van der Waals surface area contributed by atoms with Crippen molar-refractivity contribution < 1.29 is 0 Å². The first-order valence-electron chi connectivity index (χ1n) is 9.21. The molecule has 0 saturated heterocycles. The first kappa shape index (κ1) is 17.5. The van der Waals surface area contributed by atoms with Crippen molar-refractivity contribution in [2.75, 3.05) is 0 Å². The number of hydrogen-bond donors (Lipinski definition) is 0. The summed E-state index contributed by atoms with van der Waals surface area (Å²) in [7, 11) is 0. The van der Waals surface area contributed by atoms with E-state index in [0.29, 0.717) is 0 Å². The maximum absolute atomic E-state index is 2.49. The van der Waals surface area contributed by atoms with E-state index >= 15 is 0 Å². The van der Waals surface area contributed by atoms with Crippen LogP contribution in [0, 0.1) is 11.8 Å². The summed E-state index contributed by atoms with van der Waals surface area (Å²) in [5.74, 6) is 1.65. The van der Waals surface area contributed by atoms with Crippen LogP contribution in [0.4, 0.5) is 0 Å². The molecule has 0 aromatic heterocycles. The molecule has 20 heavy (non-hydrogen) atoms. The molecule has 0 heterocycles. The Morgan fingerprint density at radius 3 is 2.35 bits per heavy atom. The Kier molecular flexibility index (Phi) is 10.7. The van der Waals surface area contributed by atoms with E-state index in [9.17, 15) is 0 Å². The van der Waals surface area contributed by atoms with Crippen molar-refractivity contribution in [1.29, 1.82) is 0 Å². The number of rotatable bonds is 12. The van der Waals surface area contributed by atoms with Crippen LogP contribution in [0.1, 0.15) is 90.9 Å². The zero-order valence-electron chi connectivity index (χ0n) is 13.9. The first-order valence-corrected chi connectivity index (χ1v) is 9.21. The molecule has 1 rings (SSSR count). The number of hydrogen-bond acceptors (Lipinski definition) is 0. The lowest BCUT2D eigenvalue weighted by molar-refractivity contribution is 0.422. The van der Waals surface area contributed by atoms with Gasteiger partial charge in [0.15, 0.2) is 0 Å². The van der Waals surface area contributed by atoms with Gasteiger partial charge in [-0.05, 0) is 37.5 Å². The second-order valence-corrected chi connectivity index (χ2v) is 6.48. The first-order chi connectivity index (χ1) is 9.88. The van der Waals surface area contributed by atoms with Gasteiger partial charge in [-0.1, -0.05) is 89.5 Å². The largest absolute Gasteiger partial charge is 0.0879 e. The van der Waals surface area contributed by atoms with Crippen molar-refractivity contribution in [3.63, 3.8) is 0 Å². The minimum atomic E-state index is 0.743.